The lowest BCUT2D eigenvalue weighted by atomic mass is 9.99. The first kappa shape index (κ1) is 14.8. The van der Waals surface area contributed by atoms with Crippen molar-refractivity contribution in [3.63, 3.8) is 0 Å². The molecule has 1 atom stereocenters. The van der Waals surface area contributed by atoms with Crippen molar-refractivity contribution in [1.82, 2.24) is 10.2 Å². The lowest BCUT2D eigenvalue weighted by molar-refractivity contribution is -0.137. The van der Waals surface area contributed by atoms with Gasteiger partial charge in [-0.15, -0.1) is 0 Å². The zero-order valence-electron chi connectivity index (χ0n) is 11.8. The summed E-state index contributed by atoms with van der Waals surface area (Å²) in [4.78, 5) is 36.4. The van der Waals surface area contributed by atoms with Gasteiger partial charge in [0.2, 0.25) is 0 Å². The van der Waals surface area contributed by atoms with Gasteiger partial charge in [-0.25, -0.2) is 9.59 Å². The predicted octanol–water partition coefficient (Wildman–Crippen LogP) is 1.17. The van der Waals surface area contributed by atoms with E-state index in [1.807, 2.05) is 0 Å². The molecular weight excluding hydrogens is 276 g/mol. The van der Waals surface area contributed by atoms with Gasteiger partial charge in [-0.1, -0.05) is 6.08 Å². The number of amides is 3. The van der Waals surface area contributed by atoms with Crippen LogP contribution in [0.1, 0.15) is 19.6 Å². The standard InChI is InChI=1S/C14H16N2O5/c1-3-20-11(17)7-4-8-16-12(18)14(2,15-13(16)19)10-6-5-9-21-10/h4-7,9H,3,8H2,1-2H3,(H,15,19)/b7-4+. The van der Waals surface area contributed by atoms with E-state index in [-0.39, 0.29) is 13.2 Å². The van der Waals surface area contributed by atoms with E-state index in [9.17, 15) is 14.4 Å². The Kier molecular flexibility index (Phi) is 4.11. The zero-order valence-corrected chi connectivity index (χ0v) is 11.8. The third-order valence-corrected chi connectivity index (χ3v) is 3.12. The lowest BCUT2D eigenvalue weighted by Gasteiger charge is -2.18. The van der Waals surface area contributed by atoms with Gasteiger partial charge in [0.1, 0.15) is 5.76 Å². The number of imide groups is 1. The normalized spacial score (nSPS) is 21.9. The molecule has 112 valence electrons. The molecular formula is C14H16N2O5. The topological polar surface area (TPSA) is 88.8 Å². The number of nitrogens with zero attached hydrogens (tertiary/aromatic N) is 1. The van der Waals surface area contributed by atoms with Gasteiger partial charge in [0.05, 0.1) is 12.9 Å². The number of urea groups is 1. The summed E-state index contributed by atoms with van der Waals surface area (Å²) in [6, 6.07) is 2.73. The summed E-state index contributed by atoms with van der Waals surface area (Å²) in [5, 5.41) is 2.59. The Morgan fingerprint density at radius 3 is 2.90 bits per heavy atom. The van der Waals surface area contributed by atoms with Crippen molar-refractivity contribution in [3.05, 3.63) is 36.3 Å². The quantitative estimate of drug-likeness (QED) is 0.500. The van der Waals surface area contributed by atoms with Gasteiger partial charge < -0.3 is 14.5 Å². The fourth-order valence-electron chi connectivity index (χ4n) is 2.04. The van der Waals surface area contributed by atoms with Crippen molar-refractivity contribution in [1.29, 1.82) is 0 Å². The molecule has 1 fully saturated rings. The van der Waals surface area contributed by atoms with Gasteiger partial charge in [0.25, 0.3) is 5.91 Å². The van der Waals surface area contributed by atoms with Crippen molar-refractivity contribution < 1.29 is 23.5 Å². The van der Waals surface area contributed by atoms with Crippen LogP contribution in [0.3, 0.4) is 0 Å². The van der Waals surface area contributed by atoms with Crippen molar-refractivity contribution in [2.75, 3.05) is 13.2 Å². The minimum atomic E-state index is -1.22. The smallest absolute Gasteiger partial charge is 0.330 e. The number of esters is 1. The van der Waals surface area contributed by atoms with Gasteiger partial charge >= 0.3 is 12.0 Å². The largest absolute Gasteiger partial charge is 0.466 e. The summed E-state index contributed by atoms with van der Waals surface area (Å²) in [7, 11) is 0. The Balaban J connectivity index is 2.07. The molecule has 1 N–H and O–H groups in total. The maximum atomic E-state index is 12.4. The average molecular weight is 292 g/mol. The van der Waals surface area contributed by atoms with Crippen LogP contribution in [0.15, 0.2) is 35.0 Å². The number of nitrogens with one attached hydrogen (secondary N) is 1. The van der Waals surface area contributed by atoms with E-state index in [4.69, 9.17) is 9.15 Å². The van der Waals surface area contributed by atoms with E-state index in [0.29, 0.717) is 5.76 Å². The van der Waals surface area contributed by atoms with Crippen LogP contribution in [0.25, 0.3) is 0 Å². The number of hydrogen-bond donors (Lipinski definition) is 1. The number of carbonyl (C=O) groups excluding carboxylic acids is 3. The first-order valence-electron chi connectivity index (χ1n) is 6.50. The molecule has 1 aromatic heterocycles. The summed E-state index contributed by atoms with van der Waals surface area (Å²) in [5.41, 5.74) is -1.22. The second-order valence-electron chi connectivity index (χ2n) is 4.60. The van der Waals surface area contributed by atoms with E-state index in [0.717, 1.165) is 4.90 Å². The molecule has 1 saturated heterocycles. The molecule has 0 saturated carbocycles. The number of rotatable bonds is 5. The van der Waals surface area contributed by atoms with Crippen LogP contribution in [0.2, 0.25) is 0 Å². The van der Waals surface area contributed by atoms with E-state index in [2.05, 4.69) is 5.32 Å². The average Bonchev–Trinajstić information content (AvgIpc) is 3.03. The minimum absolute atomic E-state index is 0.0141. The molecule has 2 heterocycles. The molecule has 21 heavy (non-hydrogen) atoms. The molecule has 0 bridgehead atoms. The second-order valence-corrected chi connectivity index (χ2v) is 4.60. The molecule has 0 aliphatic carbocycles. The monoisotopic (exact) mass is 292 g/mol. The third-order valence-electron chi connectivity index (χ3n) is 3.12. The molecule has 0 spiro atoms. The number of carbonyl (C=O) groups is 3. The van der Waals surface area contributed by atoms with Crippen LogP contribution >= 0.6 is 0 Å². The molecule has 0 aromatic carbocycles. The van der Waals surface area contributed by atoms with Gasteiger partial charge in [-0.3, -0.25) is 9.69 Å². The van der Waals surface area contributed by atoms with Gasteiger partial charge in [-0.05, 0) is 26.0 Å². The summed E-state index contributed by atoms with van der Waals surface area (Å²) in [5.74, 6) is -0.591. The van der Waals surface area contributed by atoms with Crippen molar-refractivity contribution in [2.24, 2.45) is 0 Å². The lowest BCUT2D eigenvalue weighted by Crippen LogP contribution is -2.40. The van der Waals surface area contributed by atoms with Crippen LogP contribution in [-0.2, 0) is 19.9 Å². The maximum Gasteiger partial charge on any atom is 0.330 e. The molecule has 7 heteroatoms. The van der Waals surface area contributed by atoms with Gasteiger partial charge in [-0.2, -0.15) is 0 Å². The molecule has 1 unspecified atom stereocenters. The van der Waals surface area contributed by atoms with Crippen molar-refractivity contribution in [2.45, 2.75) is 19.4 Å². The Labute approximate surface area is 121 Å². The van der Waals surface area contributed by atoms with E-state index in [1.54, 1.807) is 26.0 Å². The van der Waals surface area contributed by atoms with E-state index in [1.165, 1.54) is 18.4 Å². The summed E-state index contributed by atoms with van der Waals surface area (Å²) < 4.78 is 9.92. The first-order valence-corrected chi connectivity index (χ1v) is 6.50. The maximum absolute atomic E-state index is 12.4. The highest BCUT2D eigenvalue weighted by Gasteiger charge is 2.50. The minimum Gasteiger partial charge on any atom is -0.466 e. The molecule has 1 aliphatic rings. The Bertz CT molecular complexity index is 578. The highest BCUT2D eigenvalue weighted by Crippen LogP contribution is 2.28. The van der Waals surface area contributed by atoms with E-state index >= 15 is 0 Å². The number of hydrogen-bond acceptors (Lipinski definition) is 5. The van der Waals surface area contributed by atoms with Crippen LogP contribution in [-0.4, -0.2) is 36.0 Å². The van der Waals surface area contributed by atoms with Crippen molar-refractivity contribution >= 4 is 17.9 Å². The zero-order chi connectivity index (χ0) is 15.5. The molecule has 7 nitrogen and oxygen atoms in total. The summed E-state index contributed by atoms with van der Waals surface area (Å²) >= 11 is 0. The van der Waals surface area contributed by atoms with Gasteiger partial charge in [0.15, 0.2) is 5.54 Å². The second kappa shape index (κ2) is 5.82. The SMILES string of the molecule is CCOC(=O)/C=C/CN1C(=O)NC(C)(c2ccco2)C1=O. The predicted molar refractivity (Wildman–Crippen MR) is 72.1 cm³/mol. The fourth-order valence-corrected chi connectivity index (χ4v) is 2.04. The van der Waals surface area contributed by atoms with Gasteiger partial charge in [0, 0.05) is 12.6 Å². The first-order chi connectivity index (χ1) is 9.99. The van der Waals surface area contributed by atoms with Crippen LogP contribution < -0.4 is 5.32 Å². The highest BCUT2D eigenvalue weighted by molar-refractivity contribution is 6.07. The Hall–Kier alpha value is -2.57. The third kappa shape index (κ3) is 2.81. The highest BCUT2D eigenvalue weighted by atomic mass is 16.5. The molecule has 1 aliphatic heterocycles. The molecule has 1 aromatic rings. The summed E-state index contributed by atoms with van der Waals surface area (Å²) in [6.45, 7) is 3.52. The molecule has 3 amide bonds. The summed E-state index contributed by atoms with van der Waals surface area (Å²) in [6.07, 6.45) is 4.03. The Morgan fingerprint density at radius 1 is 1.52 bits per heavy atom. The Morgan fingerprint density at radius 2 is 2.29 bits per heavy atom. The fraction of sp³-hybridized carbons (Fsp3) is 0.357. The molecule has 2 rings (SSSR count). The van der Waals surface area contributed by atoms with Crippen LogP contribution in [0.5, 0.6) is 0 Å². The van der Waals surface area contributed by atoms with E-state index < -0.39 is 23.4 Å². The van der Waals surface area contributed by atoms with Crippen molar-refractivity contribution in [3.8, 4) is 0 Å². The van der Waals surface area contributed by atoms with Crippen LogP contribution in [0.4, 0.5) is 4.79 Å². The number of ether oxygens (including phenoxy) is 1. The number of furan rings is 1. The van der Waals surface area contributed by atoms with Crippen LogP contribution in [0, 0.1) is 0 Å². The molecule has 0 radical (unpaired) electrons.